The number of para-hydroxylation sites is 1. The third-order valence-electron chi connectivity index (χ3n) is 4.77. The molecule has 0 radical (unpaired) electrons. The van der Waals surface area contributed by atoms with E-state index in [1.54, 1.807) is 6.20 Å². The Labute approximate surface area is 154 Å². The van der Waals surface area contributed by atoms with Gasteiger partial charge in [0.25, 0.3) is 0 Å². The van der Waals surface area contributed by atoms with Crippen molar-refractivity contribution >= 4 is 17.5 Å². The van der Waals surface area contributed by atoms with Gasteiger partial charge >= 0.3 is 0 Å². The number of hydrogen-bond donors (Lipinski definition) is 0. The van der Waals surface area contributed by atoms with E-state index in [2.05, 4.69) is 82.4 Å². The van der Waals surface area contributed by atoms with Gasteiger partial charge in [0.1, 0.15) is 0 Å². The summed E-state index contributed by atoms with van der Waals surface area (Å²) in [5, 5.41) is 8.57. The first kappa shape index (κ1) is 16.5. The Hall–Kier alpha value is -2.95. The molecule has 1 aliphatic rings. The lowest BCUT2D eigenvalue weighted by molar-refractivity contribution is 0.651. The lowest BCUT2D eigenvalue weighted by Crippen LogP contribution is -2.32. The van der Waals surface area contributed by atoms with Crippen molar-refractivity contribution in [2.45, 2.75) is 32.9 Å². The Balaban J connectivity index is 1.64. The zero-order valence-electron chi connectivity index (χ0n) is 15.2. The Morgan fingerprint density at radius 3 is 2.62 bits per heavy atom. The molecule has 0 aliphatic carbocycles. The molecule has 26 heavy (non-hydrogen) atoms. The van der Waals surface area contributed by atoms with Crippen molar-refractivity contribution in [1.29, 1.82) is 0 Å². The molecule has 0 spiro atoms. The zero-order valence-corrected chi connectivity index (χ0v) is 15.2. The van der Waals surface area contributed by atoms with Gasteiger partial charge in [0.2, 0.25) is 5.95 Å². The summed E-state index contributed by atoms with van der Waals surface area (Å²) in [4.78, 5) is 9.27. The third-order valence-corrected chi connectivity index (χ3v) is 4.77. The van der Waals surface area contributed by atoms with Gasteiger partial charge in [-0.05, 0) is 37.5 Å². The molecule has 5 heteroatoms. The molecular weight excluding hydrogens is 322 g/mol. The summed E-state index contributed by atoms with van der Waals surface area (Å²) in [7, 11) is 0. The van der Waals surface area contributed by atoms with Gasteiger partial charge in [-0.1, -0.05) is 48.5 Å². The van der Waals surface area contributed by atoms with E-state index >= 15 is 0 Å². The van der Waals surface area contributed by atoms with Crippen LogP contribution in [0.3, 0.4) is 0 Å². The first-order chi connectivity index (χ1) is 12.7. The van der Waals surface area contributed by atoms with Crippen LogP contribution in [-0.4, -0.2) is 27.8 Å². The molecule has 1 aliphatic heterocycles. The summed E-state index contributed by atoms with van der Waals surface area (Å²) in [6, 6.07) is 19.2. The lowest BCUT2D eigenvalue weighted by Gasteiger charge is -2.27. The molecule has 0 atom stereocenters. The Kier molecular flexibility index (Phi) is 4.52. The van der Waals surface area contributed by atoms with Crippen molar-refractivity contribution in [3.05, 3.63) is 71.9 Å². The monoisotopic (exact) mass is 345 g/mol. The minimum absolute atomic E-state index is 0.276. The van der Waals surface area contributed by atoms with Gasteiger partial charge in [-0.3, -0.25) is 0 Å². The quantitative estimate of drug-likeness (QED) is 0.700. The van der Waals surface area contributed by atoms with Crippen LogP contribution in [0.1, 0.15) is 25.0 Å². The number of aromatic nitrogens is 3. The smallest absolute Gasteiger partial charge is 0.247 e. The highest BCUT2D eigenvalue weighted by atomic mass is 15.4. The van der Waals surface area contributed by atoms with Gasteiger partial charge < -0.3 is 9.80 Å². The maximum absolute atomic E-state index is 4.85. The van der Waals surface area contributed by atoms with E-state index < -0.39 is 0 Å². The van der Waals surface area contributed by atoms with Crippen molar-refractivity contribution in [1.82, 2.24) is 15.2 Å². The first-order valence-corrected chi connectivity index (χ1v) is 9.08. The molecule has 0 unspecified atom stereocenters. The van der Waals surface area contributed by atoms with Gasteiger partial charge in [0.15, 0.2) is 5.82 Å². The predicted octanol–water partition coefficient (Wildman–Crippen LogP) is 3.98. The molecule has 4 rings (SSSR count). The van der Waals surface area contributed by atoms with Gasteiger partial charge in [0.05, 0.1) is 6.20 Å². The summed E-state index contributed by atoms with van der Waals surface area (Å²) in [6.07, 6.45) is 2.79. The highest BCUT2D eigenvalue weighted by Gasteiger charge is 2.23. The lowest BCUT2D eigenvalue weighted by atomic mass is 10.2. The second-order valence-corrected chi connectivity index (χ2v) is 6.85. The second kappa shape index (κ2) is 7.12. The highest BCUT2D eigenvalue weighted by Crippen LogP contribution is 2.33. The van der Waals surface area contributed by atoms with Crippen LogP contribution in [0.15, 0.2) is 60.8 Å². The maximum atomic E-state index is 4.85. The second-order valence-electron chi connectivity index (χ2n) is 6.85. The van der Waals surface area contributed by atoms with E-state index in [9.17, 15) is 0 Å². The van der Waals surface area contributed by atoms with Crippen LogP contribution in [0.4, 0.5) is 17.5 Å². The fraction of sp³-hybridized carbons (Fsp3) is 0.286. The van der Waals surface area contributed by atoms with Crippen LogP contribution < -0.4 is 9.80 Å². The van der Waals surface area contributed by atoms with Gasteiger partial charge in [-0.25, -0.2) is 0 Å². The number of rotatable bonds is 5. The molecular formula is C21H23N5. The van der Waals surface area contributed by atoms with Crippen molar-refractivity contribution in [3.8, 4) is 0 Å². The first-order valence-electron chi connectivity index (χ1n) is 9.08. The molecule has 132 valence electrons. The largest absolute Gasteiger partial charge is 0.333 e. The van der Waals surface area contributed by atoms with Gasteiger partial charge in [-0.2, -0.15) is 10.1 Å². The van der Waals surface area contributed by atoms with Crippen LogP contribution in [0.2, 0.25) is 0 Å². The topological polar surface area (TPSA) is 45.2 Å². The van der Waals surface area contributed by atoms with Crippen LogP contribution in [0.25, 0.3) is 0 Å². The summed E-state index contributed by atoms with van der Waals surface area (Å²) in [5.74, 6) is 1.53. The van der Waals surface area contributed by atoms with Crippen LogP contribution in [0, 0.1) is 0 Å². The third kappa shape index (κ3) is 3.25. The normalized spacial score (nSPS) is 13.1. The number of fused-ring (bicyclic) bond motifs is 1. The van der Waals surface area contributed by atoms with E-state index in [0.717, 1.165) is 25.3 Å². The molecule has 0 saturated carbocycles. The maximum Gasteiger partial charge on any atom is 0.247 e. The van der Waals surface area contributed by atoms with Crippen LogP contribution >= 0.6 is 0 Å². The van der Waals surface area contributed by atoms with Gasteiger partial charge in [-0.15, -0.1) is 5.10 Å². The minimum atomic E-state index is 0.276. The van der Waals surface area contributed by atoms with Crippen molar-refractivity contribution in [2.75, 3.05) is 16.3 Å². The van der Waals surface area contributed by atoms with Crippen molar-refractivity contribution < 1.29 is 0 Å². The molecule has 2 aromatic carbocycles. The molecule has 2 heterocycles. The van der Waals surface area contributed by atoms with E-state index in [0.29, 0.717) is 5.95 Å². The summed E-state index contributed by atoms with van der Waals surface area (Å²) in [5.41, 5.74) is 3.82. The van der Waals surface area contributed by atoms with E-state index in [1.165, 1.54) is 16.8 Å². The standard InChI is InChI=1S/C21H23N5/c1-16(2)26(15-17-8-4-3-5-9-17)21-23-20(14-22-24-21)25-13-12-18-10-6-7-11-19(18)25/h3-11,14,16H,12-13,15H2,1-2H3. The molecule has 5 nitrogen and oxygen atoms in total. The van der Waals surface area contributed by atoms with Crippen molar-refractivity contribution in [3.63, 3.8) is 0 Å². The fourth-order valence-corrected chi connectivity index (χ4v) is 3.38. The molecule has 0 bridgehead atoms. The van der Waals surface area contributed by atoms with E-state index in [-0.39, 0.29) is 6.04 Å². The summed E-state index contributed by atoms with van der Waals surface area (Å²) in [6.45, 7) is 6.01. The Morgan fingerprint density at radius 2 is 1.81 bits per heavy atom. The van der Waals surface area contributed by atoms with Crippen molar-refractivity contribution in [2.24, 2.45) is 0 Å². The number of benzene rings is 2. The number of hydrogen-bond acceptors (Lipinski definition) is 5. The average molecular weight is 345 g/mol. The molecule has 0 saturated heterocycles. The number of nitrogens with zero attached hydrogens (tertiary/aromatic N) is 5. The van der Waals surface area contributed by atoms with E-state index in [1.807, 2.05) is 6.07 Å². The SMILES string of the molecule is CC(C)N(Cc1ccccc1)c1nncc(N2CCc3ccccc32)n1. The molecule has 3 aromatic rings. The molecule has 1 aromatic heterocycles. The summed E-state index contributed by atoms with van der Waals surface area (Å²) >= 11 is 0. The summed E-state index contributed by atoms with van der Waals surface area (Å²) < 4.78 is 0. The van der Waals surface area contributed by atoms with Crippen LogP contribution in [-0.2, 0) is 13.0 Å². The fourth-order valence-electron chi connectivity index (χ4n) is 3.38. The molecule has 0 amide bonds. The Morgan fingerprint density at radius 1 is 1.04 bits per heavy atom. The van der Waals surface area contributed by atoms with E-state index in [4.69, 9.17) is 4.98 Å². The van der Waals surface area contributed by atoms with Gasteiger partial charge in [0, 0.05) is 24.8 Å². The molecule has 0 fully saturated rings. The predicted molar refractivity (Wildman–Crippen MR) is 105 cm³/mol. The Bertz CT molecular complexity index is 878. The number of anilines is 3. The molecule has 0 N–H and O–H groups in total. The highest BCUT2D eigenvalue weighted by molar-refractivity contribution is 5.67. The van der Waals surface area contributed by atoms with Crippen LogP contribution in [0.5, 0.6) is 0 Å². The average Bonchev–Trinajstić information content (AvgIpc) is 3.11. The zero-order chi connectivity index (χ0) is 17.9. The minimum Gasteiger partial charge on any atom is -0.333 e.